The van der Waals surface area contributed by atoms with Crippen molar-refractivity contribution in [3.05, 3.63) is 23.8 Å². The fourth-order valence-corrected chi connectivity index (χ4v) is 2.37. The Morgan fingerprint density at radius 3 is 2.47 bits per heavy atom. The fraction of sp³-hybridized carbons (Fsp3) is 0.538. The van der Waals surface area contributed by atoms with Gasteiger partial charge in [-0.3, -0.25) is 0 Å². The molecule has 2 heterocycles. The maximum atomic E-state index is 10.3. The molecule has 0 radical (unpaired) electrons. The van der Waals surface area contributed by atoms with Crippen LogP contribution in [0.3, 0.4) is 0 Å². The van der Waals surface area contributed by atoms with E-state index >= 15 is 0 Å². The molecule has 0 aromatic heterocycles. The SMILES string of the molecule is CC(C)(O)C1(c2ccc3c(c2)OCO3)COC1. The van der Waals surface area contributed by atoms with Gasteiger partial charge in [0.1, 0.15) is 0 Å². The second-order valence-electron chi connectivity index (χ2n) is 5.20. The standard InChI is InChI=1S/C13H16O4/c1-12(2,14)13(6-15-7-13)9-3-4-10-11(5-9)17-8-16-10/h3-5,14H,6-8H2,1-2H3. The lowest BCUT2D eigenvalue weighted by atomic mass is 9.67. The molecule has 2 aliphatic heterocycles. The highest BCUT2D eigenvalue weighted by atomic mass is 16.7. The van der Waals surface area contributed by atoms with Crippen molar-refractivity contribution in [3.63, 3.8) is 0 Å². The van der Waals surface area contributed by atoms with Crippen LogP contribution in [0.4, 0.5) is 0 Å². The summed E-state index contributed by atoms with van der Waals surface area (Å²) in [5, 5.41) is 10.3. The smallest absolute Gasteiger partial charge is 0.231 e. The predicted octanol–water partition coefficient (Wildman–Crippen LogP) is 1.45. The van der Waals surface area contributed by atoms with E-state index in [9.17, 15) is 5.11 Å². The normalized spacial score (nSPS) is 21.1. The first kappa shape index (κ1) is 10.9. The van der Waals surface area contributed by atoms with Crippen molar-refractivity contribution in [2.24, 2.45) is 0 Å². The van der Waals surface area contributed by atoms with E-state index in [1.54, 1.807) is 0 Å². The summed E-state index contributed by atoms with van der Waals surface area (Å²) in [4.78, 5) is 0. The zero-order valence-corrected chi connectivity index (χ0v) is 10.0. The first-order valence-corrected chi connectivity index (χ1v) is 5.73. The lowest BCUT2D eigenvalue weighted by molar-refractivity contribution is -0.157. The first-order chi connectivity index (χ1) is 8.03. The number of hydrogen-bond acceptors (Lipinski definition) is 4. The summed E-state index contributed by atoms with van der Waals surface area (Å²) < 4.78 is 16.0. The molecule has 0 aliphatic carbocycles. The Balaban J connectivity index is 2.03. The molecule has 92 valence electrons. The molecule has 0 atom stereocenters. The zero-order valence-electron chi connectivity index (χ0n) is 10.0. The van der Waals surface area contributed by atoms with Gasteiger partial charge in [0.25, 0.3) is 0 Å². The molecule has 0 amide bonds. The van der Waals surface area contributed by atoms with Crippen molar-refractivity contribution in [1.29, 1.82) is 0 Å². The number of rotatable bonds is 2. The van der Waals surface area contributed by atoms with Crippen molar-refractivity contribution in [2.75, 3.05) is 20.0 Å². The van der Waals surface area contributed by atoms with Crippen LogP contribution in [0.2, 0.25) is 0 Å². The second-order valence-corrected chi connectivity index (χ2v) is 5.20. The Morgan fingerprint density at radius 2 is 1.88 bits per heavy atom. The van der Waals surface area contributed by atoms with Gasteiger partial charge in [-0.15, -0.1) is 0 Å². The summed E-state index contributed by atoms with van der Waals surface area (Å²) in [5.41, 5.74) is -0.118. The summed E-state index contributed by atoms with van der Waals surface area (Å²) in [6.07, 6.45) is 0. The Morgan fingerprint density at radius 1 is 1.18 bits per heavy atom. The minimum Gasteiger partial charge on any atom is -0.454 e. The van der Waals surface area contributed by atoms with Crippen LogP contribution in [-0.2, 0) is 10.2 Å². The van der Waals surface area contributed by atoms with Crippen molar-refractivity contribution in [1.82, 2.24) is 0 Å². The van der Waals surface area contributed by atoms with Gasteiger partial charge in [0, 0.05) is 0 Å². The van der Waals surface area contributed by atoms with Gasteiger partial charge >= 0.3 is 0 Å². The van der Waals surface area contributed by atoms with Gasteiger partial charge in [-0.25, -0.2) is 0 Å². The van der Waals surface area contributed by atoms with E-state index in [-0.39, 0.29) is 12.2 Å². The number of benzene rings is 1. The molecule has 0 unspecified atom stereocenters. The minimum absolute atomic E-state index is 0.269. The molecule has 0 saturated carbocycles. The van der Waals surface area contributed by atoms with Gasteiger partial charge < -0.3 is 19.3 Å². The topological polar surface area (TPSA) is 47.9 Å². The summed E-state index contributed by atoms with van der Waals surface area (Å²) in [7, 11) is 0. The van der Waals surface area contributed by atoms with Crippen LogP contribution in [0.1, 0.15) is 19.4 Å². The van der Waals surface area contributed by atoms with Crippen LogP contribution in [0.5, 0.6) is 11.5 Å². The van der Waals surface area contributed by atoms with Crippen LogP contribution < -0.4 is 9.47 Å². The van der Waals surface area contributed by atoms with Gasteiger partial charge in [-0.2, -0.15) is 0 Å². The van der Waals surface area contributed by atoms with Crippen molar-refractivity contribution >= 4 is 0 Å². The third-order valence-electron chi connectivity index (χ3n) is 3.79. The Labute approximate surface area is 100 Å². The highest BCUT2D eigenvalue weighted by Gasteiger charge is 2.51. The second kappa shape index (κ2) is 3.37. The molecular weight excluding hydrogens is 220 g/mol. The highest BCUT2D eigenvalue weighted by Crippen LogP contribution is 2.45. The minimum atomic E-state index is -0.820. The molecule has 1 aromatic rings. The number of aliphatic hydroxyl groups is 1. The average molecular weight is 236 g/mol. The molecule has 1 fully saturated rings. The zero-order chi connectivity index (χ0) is 12.1. The van der Waals surface area contributed by atoms with E-state index in [0.717, 1.165) is 17.1 Å². The lowest BCUT2D eigenvalue weighted by Crippen LogP contribution is -2.60. The summed E-state index contributed by atoms with van der Waals surface area (Å²) in [6.45, 7) is 4.98. The van der Waals surface area contributed by atoms with Crippen LogP contribution in [-0.4, -0.2) is 30.7 Å². The molecule has 17 heavy (non-hydrogen) atoms. The van der Waals surface area contributed by atoms with E-state index in [1.165, 1.54) is 0 Å². The number of ether oxygens (including phenoxy) is 3. The maximum absolute atomic E-state index is 10.3. The molecule has 1 N–H and O–H groups in total. The first-order valence-electron chi connectivity index (χ1n) is 5.73. The van der Waals surface area contributed by atoms with E-state index in [4.69, 9.17) is 14.2 Å². The maximum Gasteiger partial charge on any atom is 0.231 e. The fourth-order valence-electron chi connectivity index (χ4n) is 2.37. The van der Waals surface area contributed by atoms with Crippen LogP contribution in [0.15, 0.2) is 18.2 Å². The van der Waals surface area contributed by atoms with Gasteiger partial charge in [0.05, 0.1) is 24.2 Å². The van der Waals surface area contributed by atoms with E-state index in [0.29, 0.717) is 13.2 Å². The third-order valence-corrected chi connectivity index (χ3v) is 3.79. The van der Waals surface area contributed by atoms with Gasteiger partial charge in [-0.1, -0.05) is 6.07 Å². The highest BCUT2D eigenvalue weighted by molar-refractivity contribution is 5.48. The quantitative estimate of drug-likeness (QED) is 0.844. The van der Waals surface area contributed by atoms with Crippen molar-refractivity contribution in [2.45, 2.75) is 24.9 Å². The van der Waals surface area contributed by atoms with Gasteiger partial charge in [0.2, 0.25) is 6.79 Å². The van der Waals surface area contributed by atoms with E-state index < -0.39 is 5.60 Å². The number of hydrogen-bond donors (Lipinski definition) is 1. The van der Waals surface area contributed by atoms with E-state index in [2.05, 4.69) is 0 Å². The third kappa shape index (κ3) is 1.44. The van der Waals surface area contributed by atoms with Crippen LogP contribution >= 0.6 is 0 Å². The summed E-state index contributed by atoms with van der Waals surface area (Å²) in [5.74, 6) is 1.51. The molecule has 1 aromatic carbocycles. The molecular formula is C13H16O4. The predicted molar refractivity (Wildman–Crippen MR) is 61.4 cm³/mol. The molecule has 0 bridgehead atoms. The summed E-state index contributed by atoms with van der Waals surface area (Å²) >= 11 is 0. The Kier molecular flexibility index (Phi) is 2.15. The van der Waals surface area contributed by atoms with E-state index in [1.807, 2.05) is 32.0 Å². The molecule has 0 spiro atoms. The van der Waals surface area contributed by atoms with Crippen molar-refractivity contribution < 1.29 is 19.3 Å². The van der Waals surface area contributed by atoms with Gasteiger partial charge in [-0.05, 0) is 31.5 Å². The van der Waals surface area contributed by atoms with Crippen LogP contribution in [0.25, 0.3) is 0 Å². The van der Waals surface area contributed by atoms with Gasteiger partial charge in [0.15, 0.2) is 11.5 Å². The molecule has 3 rings (SSSR count). The number of fused-ring (bicyclic) bond motifs is 1. The molecule has 4 heteroatoms. The average Bonchev–Trinajstić information content (AvgIpc) is 2.60. The molecule has 4 nitrogen and oxygen atoms in total. The largest absolute Gasteiger partial charge is 0.454 e. The molecule has 2 aliphatic rings. The monoisotopic (exact) mass is 236 g/mol. The molecule has 1 saturated heterocycles. The van der Waals surface area contributed by atoms with Crippen LogP contribution in [0, 0.1) is 0 Å². The Hall–Kier alpha value is -1.26. The Bertz CT molecular complexity index is 443. The van der Waals surface area contributed by atoms with Crippen molar-refractivity contribution in [3.8, 4) is 11.5 Å². The summed E-state index contributed by atoms with van der Waals surface area (Å²) in [6, 6.07) is 5.82. The lowest BCUT2D eigenvalue weighted by Gasteiger charge is -2.50.